The number of ether oxygens (including phenoxy) is 2. The number of anilines is 1. The van der Waals surface area contributed by atoms with Gasteiger partial charge in [0.2, 0.25) is 5.88 Å². The van der Waals surface area contributed by atoms with Crippen LogP contribution in [0.3, 0.4) is 0 Å². The van der Waals surface area contributed by atoms with E-state index in [9.17, 15) is 31.1 Å². The number of hydrogen-bond acceptors (Lipinski definition) is 4. The third-order valence-electron chi connectivity index (χ3n) is 4.08. The number of benzene rings is 1. The highest BCUT2D eigenvalue weighted by molar-refractivity contribution is 6.32. The smallest absolute Gasteiger partial charge is 0.416 e. The summed E-state index contributed by atoms with van der Waals surface area (Å²) in [7, 11) is 0. The summed E-state index contributed by atoms with van der Waals surface area (Å²) >= 11 is 6.02. The largest absolute Gasteiger partial charge is 0.471 e. The number of nitrogens with zero attached hydrogens (tertiary/aromatic N) is 1. The first-order chi connectivity index (χ1) is 13.9. The fraction of sp³-hybridized carbons (Fsp3) is 0.333. The van der Waals surface area contributed by atoms with Crippen molar-refractivity contribution >= 4 is 23.2 Å². The predicted octanol–water partition coefficient (Wildman–Crippen LogP) is 5.19. The quantitative estimate of drug-likeness (QED) is 0.646. The molecule has 1 fully saturated rings. The Morgan fingerprint density at radius 1 is 1.10 bits per heavy atom. The van der Waals surface area contributed by atoms with Crippen LogP contribution in [-0.2, 0) is 17.1 Å². The fourth-order valence-electron chi connectivity index (χ4n) is 2.63. The van der Waals surface area contributed by atoms with Crippen LogP contribution in [0.15, 0.2) is 30.5 Å². The highest BCUT2D eigenvalue weighted by atomic mass is 35.5. The Hall–Kier alpha value is -2.53. The minimum Gasteiger partial charge on any atom is -0.471 e. The number of carbonyl (C=O) groups is 1. The van der Waals surface area contributed by atoms with Crippen molar-refractivity contribution in [2.45, 2.75) is 24.9 Å². The molecule has 0 bridgehead atoms. The predicted molar refractivity (Wildman–Crippen MR) is 93.5 cm³/mol. The number of carbonyl (C=O) groups excluding carboxylic acids is 1. The molecule has 0 spiro atoms. The van der Waals surface area contributed by atoms with Crippen molar-refractivity contribution in [2.75, 3.05) is 18.5 Å². The second kappa shape index (κ2) is 8.31. The summed E-state index contributed by atoms with van der Waals surface area (Å²) in [6, 6.07) is 1.92. The van der Waals surface area contributed by atoms with Gasteiger partial charge in [-0.05, 0) is 24.3 Å². The van der Waals surface area contributed by atoms with Gasteiger partial charge in [0.05, 0.1) is 29.9 Å². The number of halogens is 7. The van der Waals surface area contributed by atoms with Crippen molar-refractivity contribution in [3.8, 4) is 5.88 Å². The molecule has 1 aromatic carbocycles. The molecule has 1 aliphatic rings. The van der Waals surface area contributed by atoms with Gasteiger partial charge in [0.1, 0.15) is 11.1 Å². The van der Waals surface area contributed by atoms with Crippen molar-refractivity contribution < 1.29 is 40.6 Å². The lowest BCUT2D eigenvalue weighted by Gasteiger charge is -2.15. The zero-order chi connectivity index (χ0) is 22.1. The van der Waals surface area contributed by atoms with Gasteiger partial charge in [0.15, 0.2) is 0 Å². The van der Waals surface area contributed by atoms with Gasteiger partial charge in [-0.2, -0.15) is 26.3 Å². The molecule has 1 saturated heterocycles. The molecule has 5 nitrogen and oxygen atoms in total. The summed E-state index contributed by atoms with van der Waals surface area (Å²) in [6.45, 7) is 0.858. The Morgan fingerprint density at radius 2 is 1.73 bits per heavy atom. The third kappa shape index (κ3) is 5.33. The SMILES string of the molecule is O=C(Nc1cc(C(F)(F)F)cc(C(F)(F)F)c1)c1cnc(OC2CCOC2)c(Cl)c1. The van der Waals surface area contributed by atoms with Crippen LogP contribution < -0.4 is 10.1 Å². The van der Waals surface area contributed by atoms with E-state index in [1.807, 2.05) is 5.32 Å². The number of nitrogens with one attached hydrogen (secondary N) is 1. The van der Waals surface area contributed by atoms with Crippen LogP contribution in [0.25, 0.3) is 0 Å². The van der Waals surface area contributed by atoms with Gasteiger partial charge in [0.25, 0.3) is 5.91 Å². The molecular weight excluding hydrogens is 442 g/mol. The van der Waals surface area contributed by atoms with Crippen LogP contribution in [0, 0.1) is 0 Å². The van der Waals surface area contributed by atoms with Gasteiger partial charge in [-0.25, -0.2) is 4.98 Å². The summed E-state index contributed by atoms with van der Waals surface area (Å²) in [5.74, 6) is -0.963. The Kier molecular flexibility index (Phi) is 6.14. The molecular formula is C18H13ClF6N2O3. The van der Waals surface area contributed by atoms with Gasteiger partial charge in [-0.1, -0.05) is 11.6 Å². The molecule has 2 aromatic rings. The first-order valence-electron chi connectivity index (χ1n) is 8.44. The molecule has 0 saturated carbocycles. The third-order valence-corrected chi connectivity index (χ3v) is 4.35. The first-order valence-corrected chi connectivity index (χ1v) is 8.82. The lowest BCUT2D eigenvalue weighted by molar-refractivity contribution is -0.143. The Labute approximate surface area is 170 Å². The van der Waals surface area contributed by atoms with Crippen LogP contribution in [0.2, 0.25) is 5.02 Å². The number of hydrogen-bond donors (Lipinski definition) is 1. The fourth-order valence-corrected chi connectivity index (χ4v) is 2.84. The Morgan fingerprint density at radius 3 is 2.23 bits per heavy atom. The maximum absolute atomic E-state index is 12.9. The lowest BCUT2D eigenvalue weighted by atomic mass is 10.1. The van der Waals surface area contributed by atoms with E-state index in [0.717, 1.165) is 12.3 Å². The van der Waals surface area contributed by atoms with Crippen molar-refractivity contribution in [1.82, 2.24) is 4.98 Å². The Bertz CT molecular complexity index is 910. The molecule has 2 heterocycles. The van der Waals surface area contributed by atoms with Crippen LogP contribution in [0.4, 0.5) is 32.0 Å². The summed E-state index contributed by atoms with van der Waals surface area (Å²) in [5.41, 5.74) is -3.96. The molecule has 1 unspecified atom stereocenters. The normalized spacial score (nSPS) is 17.1. The monoisotopic (exact) mass is 454 g/mol. The Balaban J connectivity index is 1.82. The number of aromatic nitrogens is 1. The van der Waals surface area contributed by atoms with Gasteiger partial charge in [-0.3, -0.25) is 4.79 Å². The zero-order valence-electron chi connectivity index (χ0n) is 14.9. The van der Waals surface area contributed by atoms with Crippen molar-refractivity contribution in [3.63, 3.8) is 0 Å². The van der Waals surface area contributed by atoms with E-state index in [1.165, 1.54) is 0 Å². The van der Waals surface area contributed by atoms with Gasteiger partial charge < -0.3 is 14.8 Å². The second-order valence-corrected chi connectivity index (χ2v) is 6.77. The minimum atomic E-state index is -5.03. The van der Waals surface area contributed by atoms with Crippen LogP contribution in [-0.4, -0.2) is 30.2 Å². The van der Waals surface area contributed by atoms with Crippen LogP contribution in [0.5, 0.6) is 5.88 Å². The number of amides is 1. The van der Waals surface area contributed by atoms with E-state index in [1.54, 1.807) is 0 Å². The lowest BCUT2D eigenvalue weighted by Crippen LogP contribution is -2.18. The molecule has 3 rings (SSSR count). The van der Waals surface area contributed by atoms with Gasteiger partial charge >= 0.3 is 12.4 Å². The average Bonchev–Trinajstić information content (AvgIpc) is 3.14. The zero-order valence-corrected chi connectivity index (χ0v) is 15.7. The molecule has 0 aliphatic carbocycles. The number of alkyl halides is 6. The van der Waals surface area contributed by atoms with E-state index < -0.39 is 35.1 Å². The molecule has 1 N–H and O–H groups in total. The van der Waals surface area contributed by atoms with Gasteiger partial charge in [0, 0.05) is 18.3 Å². The highest BCUT2D eigenvalue weighted by Crippen LogP contribution is 2.37. The standard InChI is InChI=1S/C18H13ClF6N2O3/c19-14-3-9(7-26-16(14)30-13-1-2-29-8-13)15(28)27-12-5-10(17(20,21)22)4-11(6-12)18(23,24)25/h3-7,13H,1-2,8H2,(H,27,28). The highest BCUT2D eigenvalue weighted by Gasteiger charge is 2.37. The molecule has 30 heavy (non-hydrogen) atoms. The summed E-state index contributed by atoms with van der Waals surface area (Å²) in [5, 5.41) is 1.96. The maximum Gasteiger partial charge on any atom is 0.416 e. The topological polar surface area (TPSA) is 60.5 Å². The van der Waals surface area contributed by atoms with Crippen molar-refractivity contribution in [3.05, 3.63) is 52.2 Å². The van der Waals surface area contributed by atoms with Crippen molar-refractivity contribution in [1.29, 1.82) is 0 Å². The summed E-state index contributed by atoms with van der Waals surface area (Å²) < 4.78 is 88.2. The molecule has 162 valence electrons. The number of rotatable bonds is 4. The molecule has 1 aliphatic heterocycles. The maximum atomic E-state index is 12.9. The van der Waals surface area contributed by atoms with Crippen LogP contribution >= 0.6 is 11.6 Å². The molecule has 1 amide bonds. The molecule has 1 aromatic heterocycles. The second-order valence-electron chi connectivity index (χ2n) is 6.36. The van der Waals surface area contributed by atoms with E-state index in [2.05, 4.69) is 4.98 Å². The van der Waals surface area contributed by atoms with Crippen molar-refractivity contribution in [2.24, 2.45) is 0 Å². The molecule has 12 heteroatoms. The van der Waals surface area contributed by atoms with E-state index in [0.29, 0.717) is 31.8 Å². The van der Waals surface area contributed by atoms with E-state index in [4.69, 9.17) is 21.1 Å². The minimum absolute atomic E-state index is 0.0298. The van der Waals surface area contributed by atoms with E-state index >= 15 is 0 Å². The van der Waals surface area contributed by atoms with E-state index in [-0.39, 0.29) is 28.6 Å². The first kappa shape index (κ1) is 22.2. The van der Waals surface area contributed by atoms with Crippen LogP contribution in [0.1, 0.15) is 27.9 Å². The average molecular weight is 455 g/mol. The molecule has 0 radical (unpaired) electrons. The number of pyridine rings is 1. The molecule has 1 atom stereocenters. The van der Waals surface area contributed by atoms with Gasteiger partial charge in [-0.15, -0.1) is 0 Å². The summed E-state index contributed by atoms with van der Waals surface area (Å²) in [6.07, 6.45) is -8.66. The summed E-state index contributed by atoms with van der Waals surface area (Å²) in [4.78, 5) is 16.2.